The molecule has 1 amide bonds. The molecule has 0 aromatic heterocycles. The molecule has 0 bridgehead atoms. The first-order valence-electron chi connectivity index (χ1n) is 5.80. The van der Waals surface area contributed by atoms with Crippen LogP contribution in [0.4, 0.5) is 0 Å². The smallest absolute Gasteiger partial charge is 0.254 e. The maximum absolute atomic E-state index is 12.3. The topological polar surface area (TPSA) is 46.3 Å². The second-order valence-electron chi connectivity index (χ2n) is 4.35. The zero-order valence-corrected chi connectivity index (χ0v) is 9.65. The molecule has 16 heavy (non-hydrogen) atoms. The summed E-state index contributed by atoms with van der Waals surface area (Å²) in [7, 11) is 0. The summed E-state index contributed by atoms with van der Waals surface area (Å²) in [5.74, 6) is 0.131. The highest BCUT2D eigenvalue weighted by Crippen LogP contribution is 2.20. The Balaban J connectivity index is 2.22. The van der Waals surface area contributed by atoms with E-state index < -0.39 is 0 Å². The fourth-order valence-corrected chi connectivity index (χ4v) is 2.32. The number of amides is 1. The minimum absolute atomic E-state index is 0.131. The lowest BCUT2D eigenvalue weighted by Crippen LogP contribution is -2.40. The number of nitrogens with two attached hydrogens (primary N) is 1. The first kappa shape index (κ1) is 11.1. The Hall–Kier alpha value is -1.35. The Bertz CT molecular complexity index is 389. The molecule has 2 N–H and O–H groups in total. The molecule has 1 aromatic rings. The van der Waals surface area contributed by atoms with Gasteiger partial charge in [-0.1, -0.05) is 18.2 Å². The normalized spacial score (nSPS) is 20.1. The average molecular weight is 218 g/mol. The molecule has 1 aromatic carbocycles. The number of carbonyl (C=O) groups is 1. The molecule has 3 heteroatoms. The van der Waals surface area contributed by atoms with Crippen molar-refractivity contribution < 1.29 is 4.79 Å². The third-order valence-electron chi connectivity index (χ3n) is 3.29. The van der Waals surface area contributed by atoms with E-state index in [1.54, 1.807) is 0 Å². The lowest BCUT2D eigenvalue weighted by Gasteiger charge is -2.24. The van der Waals surface area contributed by atoms with Crippen LogP contribution in [0.2, 0.25) is 0 Å². The Morgan fingerprint density at radius 1 is 1.50 bits per heavy atom. The molecule has 3 nitrogen and oxygen atoms in total. The van der Waals surface area contributed by atoms with Crippen LogP contribution in [0.15, 0.2) is 24.3 Å². The summed E-state index contributed by atoms with van der Waals surface area (Å²) < 4.78 is 0. The second-order valence-corrected chi connectivity index (χ2v) is 4.35. The molecule has 1 aliphatic rings. The summed E-state index contributed by atoms with van der Waals surface area (Å²) in [6, 6.07) is 7.96. The molecule has 1 saturated heterocycles. The summed E-state index contributed by atoms with van der Waals surface area (Å²) in [5, 5.41) is 0. The van der Waals surface area contributed by atoms with Crippen LogP contribution in [0.1, 0.15) is 28.8 Å². The highest BCUT2D eigenvalue weighted by Gasteiger charge is 2.28. The Kier molecular flexibility index (Phi) is 3.25. The molecule has 86 valence electrons. The van der Waals surface area contributed by atoms with Gasteiger partial charge in [0.25, 0.3) is 5.91 Å². The van der Waals surface area contributed by atoms with Gasteiger partial charge in [0.05, 0.1) is 0 Å². The third-order valence-corrected chi connectivity index (χ3v) is 3.29. The van der Waals surface area contributed by atoms with Gasteiger partial charge in [-0.3, -0.25) is 4.79 Å². The van der Waals surface area contributed by atoms with Gasteiger partial charge in [-0.25, -0.2) is 0 Å². The van der Waals surface area contributed by atoms with E-state index in [1.807, 2.05) is 36.1 Å². The number of nitrogens with zero attached hydrogens (tertiary/aromatic N) is 1. The number of benzene rings is 1. The largest absolute Gasteiger partial charge is 0.334 e. The molecule has 0 spiro atoms. The molecular weight excluding hydrogens is 200 g/mol. The van der Waals surface area contributed by atoms with Gasteiger partial charge < -0.3 is 10.6 Å². The van der Waals surface area contributed by atoms with Gasteiger partial charge in [-0.15, -0.1) is 0 Å². The molecule has 1 atom stereocenters. The molecule has 0 aliphatic carbocycles. The number of hydrogen-bond acceptors (Lipinski definition) is 2. The molecule has 1 aliphatic heterocycles. The van der Waals surface area contributed by atoms with Crippen molar-refractivity contribution in [2.45, 2.75) is 25.8 Å². The fourth-order valence-electron chi connectivity index (χ4n) is 2.32. The van der Waals surface area contributed by atoms with Crippen molar-refractivity contribution in [2.24, 2.45) is 5.73 Å². The molecule has 1 heterocycles. The number of aryl methyl sites for hydroxylation is 1. The summed E-state index contributed by atoms with van der Waals surface area (Å²) in [4.78, 5) is 14.2. The van der Waals surface area contributed by atoms with Crippen LogP contribution in [-0.4, -0.2) is 29.9 Å². The van der Waals surface area contributed by atoms with E-state index in [9.17, 15) is 4.79 Å². The zero-order valence-electron chi connectivity index (χ0n) is 9.65. The van der Waals surface area contributed by atoms with Crippen molar-refractivity contribution in [1.82, 2.24) is 4.90 Å². The quantitative estimate of drug-likeness (QED) is 0.818. The summed E-state index contributed by atoms with van der Waals surface area (Å²) in [5.41, 5.74) is 7.53. The van der Waals surface area contributed by atoms with E-state index in [4.69, 9.17) is 5.73 Å². The van der Waals surface area contributed by atoms with Crippen LogP contribution in [0.3, 0.4) is 0 Å². The highest BCUT2D eigenvalue weighted by molar-refractivity contribution is 5.96. The van der Waals surface area contributed by atoms with Crippen molar-refractivity contribution >= 4 is 5.91 Å². The first-order chi connectivity index (χ1) is 7.74. The van der Waals surface area contributed by atoms with Crippen LogP contribution < -0.4 is 5.73 Å². The van der Waals surface area contributed by atoms with E-state index in [1.165, 1.54) is 0 Å². The van der Waals surface area contributed by atoms with Gasteiger partial charge in [-0.05, 0) is 31.4 Å². The van der Waals surface area contributed by atoms with Crippen LogP contribution in [0.5, 0.6) is 0 Å². The lowest BCUT2D eigenvalue weighted by molar-refractivity contribution is 0.0740. The first-order valence-corrected chi connectivity index (χ1v) is 5.80. The van der Waals surface area contributed by atoms with Crippen LogP contribution in [0.25, 0.3) is 0 Å². The van der Waals surface area contributed by atoms with Gasteiger partial charge in [0.1, 0.15) is 0 Å². The Morgan fingerprint density at radius 3 is 2.94 bits per heavy atom. The molecule has 0 saturated carbocycles. The minimum Gasteiger partial charge on any atom is -0.334 e. The molecule has 1 unspecified atom stereocenters. The van der Waals surface area contributed by atoms with E-state index >= 15 is 0 Å². The van der Waals surface area contributed by atoms with Gasteiger partial charge >= 0.3 is 0 Å². The van der Waals surface area contributed by atoms with Gasteiger partial charge in [0.15, 0.2) is 0 Å². The van der Waals surface area contributed by atoms with Crippen molar-refractivity contribution in [3.05, 3.63) is 35.4 Å². The third kappa shape index (κ3) is 1.95. The molecule has 0 radical (unpaired) electrons. The van der Waals surface area contributed by atoms with Crippen molar-refractivity contribution in [3.63, 3.8) is 0 Å². The van der Waals surface area contributed by atoms with Crippen molar-refractivity contribution in [3.8, 4) is 0 Å². The van der Waals surface area contributed by atoms with Gasteiger partial charge in [-0.2, -0.15) is 0 Å². The van der Waals surface area contributed by atoms with Gasteiger partial charge in [0.2, 0.25) is 0 Å². The van der Waals surface area contributed by atoms with Crippen molar-refractivity contribution in [1.29, 1.82) is 0 Å². The maximum atomic E-state index is 12.3. The second kappa shape index (κ2) is 4.66. The molecular formula is C13H18N2O. The van der Waals surface area contributed by atoms with Crippen molar-refractivity contribution in [2.75, 3.05) is 13.1 Å². The number of hydrogen-bond donors (Lipinski definition) is 1. The number of likely N-dealkylation sites (tertiary alicyclic amines) is 1. The standard InChI is InChI=1S/C13H18N2O/c1-10-5-2-3-7-12(10)13(16)15-8-4-6-11(15)9-14/h2-3,5,7,11H,4,6,8-9,14H2,1H3. The van der Waals surface area contributed by atoms with Crippen LogP contribution in [0, 0.1) is 6.92 Å². The average Bonchev–Trinajstić information content (AvgIpc) is 2.77. The number of rotatable bonds is 2. The van der Waals surface area contributed by atoms with E-state index in [0.29, 0.717) is 6.54 Å². The maximum Gasteiger partial charge on any atom is 0.254 e. The predicted octanol–water partition coefficient (Wildman–Crippen LogP) is 1.56. The van der Waals surface area contributed by atoms with Crippen LogP contribution in [-0.2, 0) is 0 Å². The molecule has 2 rings (SSSR count). The van der Waals surface area contributed by atoms with Crippen LogP contribution >= 0.6 is 0 Å². The number of carbonyl (C=O) groups excluding carboxylic acids is 1. The summed E-state index contributed by atoms with van der Waals surface area (Å²) >= 11 is 0. The highest BCUT2D eigenvalue weighted by atomic mass is 16.2. The monoisotopic (exact) mass is 218 g/mol. The fraction of sp³-hybridized carbons (Fsp3) is 0.462. The van der Waals surface area contributed by atoms with Gasteiger partial charge in [0, 0.05) is 24.7 Å². The van der Waals surface area contributed by atoms with E-state index in [2.05, 4.69) is 0 Å². The summed E-state index contributed by atoms with van der Waals surface area (Å²) in [6.07, 6.45) is 2.10. The van der Waals surface area contributed by atoms with E-state index in [-0.39, 0.29) is 11.9 Å². The lowest BCUT2D eigenvalue weighted by atomic mass is 10.1. The Morgan fingerprint density at radius 2 is 2.25 bits per heavy atom. The molecule has 1 fully saturated rings. The zero-order chi connectivity index (χ0) is 11.5. The SMILES string of the molecule is Cc1ccccc1C(=O)N1CCCC1CN. The summed E-state index contributed by atoms with van der Waals surface area (Å²) in [6.45, 7) is 3.38. The van der Waals surface area contributed by atoms with E-state index in [0.717, 1.165) is 30.5 Å². The minimum atomic E-state index is 0.131. The Labute approximate surface area is 96.2 Å². The predicted molar refractivity (Wildman–Crippen MR) is 64.3 cm³/mol.